The third kappa shape index (κ3) is 5.18. The molecule has 0 radical (unpaired) electrons. The molecule has 0 aliphatic heterocycles. The Morgan fingerprint density at radius 2 is 1.71 bits per heavy atom. The molecule has 126 valence electrons. The van der Waals surface area contributed by atoms with Crippen LogP contribution < -0.4 is 5.32 Å². The van der Waals surface area contributed by atoms with E-state index in [1.165, 1.54) is 12.1 Å². The minimum atomic E-state index is -1.32. The van der Waals surface area contributed by atoms with Crippen LogP contribution in [0.15, 0.2) is 59.5 Å². The molecule has 0 aromatic heterocycles. The van der Waals surface area contributed by atoms with Crippen LogP contribution in [0.5, 0.6) is 0 Å². The number of halogens is 1. The maximum absolute atomic E-state index is 12.2. The second kappa shape index (κ2) is 8.61. The predicted octanol–water partition coefficient (Wildman–Crippen LogP) is 2.72. The molecule has 0 bridgehead atoms. The van der Waals surface area contributed by atoms with E-state index in [-0.39, 0.29) is 12.2 Å². The molecule has 2 N–H and O–H groups in total. The molecule has 0 aliphatic rings. The van der Waals surface area contributed by atoms with Gasteiger partial charge in [0.2, 0.25) is 0 Å². The summed E-state index contributed by atoms with van der Waals surface area (Å²) in [5.74, 6) is -1.53. The van der Waals surface area contributed by atoms with Gasteiger partial charge in [0.1, 0.15) is 6.04 Å². The molecule has 0 aliphatic carbocycles. The summed E-state index contributed by atoms with van der Waals surface area (Å²) in [6.07, 6.45) is 0.0656. The van der Waals surface area contributed by atoms with Crippen molar-refractivity contribution in [3.8, 4) is 0 Å². The standard InChI is InChI=1S/C17H16ClNO4S/c18-13-8-6-12(7-9-13)16(20)19-15(17(21)22)10-11-24(23)14-4-2-1-3-5-14/h1-9,15H,10-11H2,(H,19,20)(H,21,22)/t15-,24-/m1/s1. The van der Waals surface area contributed by atoms with E-state index in [2.05, 4.69) is 5.32 Å². The molecule has 2 rings (SSSR count). The van der Waals surface area contributed by atoms with Gasteiger partial charge in [0.15, 0.2) is 0 Å². The minimum Gasteiger partial charge on any atom is -0.480 e. The molecule has 2 aromatic rings. The Balaban J connectivity index is 1.97. The predicted molar refractivity (Wildman–Crippen MR) is 92.7 cm³/mol. The van der Waals surface area contributed by atoms with Crippen LogP contribution in [0.25, 0.3) is 0 Å². The Bertz CT molecular complexity index is 734. The molecule has 2 aromatic carbocycles. The van der Waals surface area contributed by atoms with Crippen molar-refractivity contribution in [2.75, 3.05) is 5.75 Å². The zero-order chi connectivity index (χ0) is 17.5. The second-order valence-corrected chi connectivity index (χ2v) is 7.03. The van der Waals surface area contributed by atoms with E-state index < -0.39 is 28.7 Å². The van der Waals surface area contributed by atoms with E-state index in [1.807, 2.05) is 6.07 Å². The lowest BCUT2D eigenvalue weighted by Crippen LogP contribution is -2.41. The summed E-state index contributed by atoms with van der Waals surface area (Å²) in [5, 5.41) is 12.2. The van der Waals surface area contributed by atoms with Gasteiger partial charge in [-0.25, -0.2) is 4.79 Å². The van der Waals surface area contributed by atoms with Gasteiger partial charge in [0.25, 0.3) is 5.91 Å². The first-order valence-electron chi connectivity index (χ1n) is 7.20. The van der Waals surface area contributed by atoms with Gasteiger partial charge in [0.05, 0.1) is 10.8 Å². The SMILES string of the molecule is O=C(N[C@H](CC[S@@](=O)c1ccccc1)C(=O)O)c1ccc(Cl)cc1. The van der Waals surface area contributed by atoms with Crippen LogP contribution in [0.4, 0.5) is 0 Å². The zero-order valence-electron chi connectivity index (χ0n) is 12.6. The van der Waals surface area contributed by atoms with E-state index in [4.69, 9.17) is 11.6 Å². The Morgan fingerprint density at radius 3 is 2.29 bits per heavy atom. The van der Waals surface area contributed by atoms with Crippen molar-refractivity contribution in [2.45, 2.75) is 17.4 Å². The lowest BCUT2D eigenvalue weighted by molar-refractivity contribution is -0.139. The molecule has 0 fully saturated rings. The van der Waals surface area contributed by atoms with E-state index in [0.717, 1.165) is 0 Å². The molecule has 0 heterocycles. The number of hydrogen-bond acceptors (Lipinski definition) is 3. The zero-order valence-corrected chi connectivity index (χ0v) is 14.2. The summed E-state index contributed by atoms with van der Waals surface area (Å²) in [5.41, 5.74) is 0.315. The molecule has 7 heteroatoms. The van der Waals surface area contributed by atoms with Crippen LogP contribution in [0.3, 0.4) is 0 Å². The molecule has 1 amide bonds. The normalized spacial score (nSPS) is 13.0. The maximum atomic E-state index is 12.2. The average molecular weight is 366 g/mol. The van der Waals surface area contributed by atoms with E-state index in [0.29, 0.717) is 15.5 Å². The van der Waals surface area contributed by atoms with Gasteiger partial charge >= 0.3 is 5.97 Å². The summed E-state index contributed by atoms with van der Waals surface area (Å²) in [6.45, 7) is 0. The van der Waals surface area contributed by atoms with Gasteiger partial charge in [-0.3, -0.25) is 9.00 Å². The Labute approximate surface area is 147 Å². The van der Waals surface area contributed by atoms with E-state index in [9.17, 15) is 18.9 Å². The lowest BCUT2D eigenvalue weighted by Gasteiger charge is -2.14. The number of aliphatic carboxylic acids is 1. The first-order valence-corrected chi connectivity index (χ1v) is 8.89. The molecule has 0 saturated carbocycles. The molecule has 5 nitrogen and oxygen atoms in total. The fourth-order valence-corrected chi connectivity index (χ4v) is 3.29. The highest BCUT2D eigenvalue weighted by atomic mass is 35.5. The number of amides is 1. The van der Waals surface area contributed by atoms with Gasteiger partial charge in [-0.2, -0.15) is 0 Å². The number of nitrogens with one attached hydrogen (secondary N) is 1. The number of hydrogen-bond donors (Lipinski definition) is 2. The van der Waals surface area contributed by atoms with Crippen molar-refractivity contribution < 1.29 is 18.9 Å². The Hall–Kier alpha value is -2.18. The Morgan fingerprint density at radius 1 is 1.08 bits per heavy atom. The van der Waals surface area contributed by atoms with Crippen LogP contribution in [0.2, 0.25) is 5.02 Å². The third-order valence-electron chi connectivity index (χ3n) is 3.31. The summed E-state index contributed by atoms with van der Waals surface area (Å²) in [4.78, 5) is 24.1. The summed E-state index contributed by atoms with van der Waals surface area (Å²) in [6, 6.07) is 13.8. The summed E-state index contributed by atoms with van der Waals surface area (Å²) >= 11 is 5.76. The van der Waals surface area contributed by atoms with Crippen molar-refractivity contribution in [2.24, 2.45) is 0 Å². The number of carbonyl (C=O) groups excluding carboxylic acids is 1. The quantitative estimate of drug-likeness (QED) is 0.790. The van der Waals surface area contributed by atoms with Crippen LogP contribution in [-0.4, -0.2) is 33.0 Å². The highest BCUT2D eigenvalue weighted by molar-refractivity contribution is 7.85. The van der Waals surface area contributed by atoms with Gasteiger partial charge in [-0.1, -0.05) is 29.8 Å². The van der Waals surface area contributed by atoms with Crippen molar-refractivity contribution in [1.82, 2.24) is 5.32 Å². The first-order chi connectivity index (χ1) is 11.5. The molecule has 0 saturated heterocycles. The van der Waals surface area contributed by atoms with Crippen molar-refractivity contribution in [3.63, 3.8) is 0 Å². The van der Waals surface area contributed by atoms with Gasteiger partial charge < -0.3 is 10.4 Å². The van der Waals surface area contributed by atoms with Crippen molar-refractivity contribution >= 4 is 34.3 Å². The van der Waals surface area contributed by atoms with Crippen LogP contribution in [0.1, 0.15) is 16.8 Å². The van der Waals surface area contributed by atoms with Gasteiger partial charge in [0, 0.05) is 21.2 Å². The number of rotatable bonds is 7. The van der Waals surface area contributed by atoms with Crippen LogP contribution in [0, 0.1) is 0 Å². The van der Waals surface area contributed by atoms with Crippen molar-refractivity contribution in [3.05, 3.63) is 65.2 Å². The Kier molecular flexibility index (Phi) is 6.52. The first kappa shape index (κ1) is 18.2. The molecular weight excluding hydrogens is 350 g/mol. The fraction of sp³-hybridized carbons (Fsp3) is 0.176. The topological polar surface area (TPSA) is 83.5 Å². The summed E-state index contributed by atoms with van der Waals surface area (Å²) < 4.78 is 12.2. The smallest absolute Gasteiger partial charge is 0.326 e. The molecule has 0 spiro atoms. The average Bonchev–Trinajstić information content (AvgIpc) is 2.59. The third-order valence-corrected chi connectivity index (χ3v) is 4.96. The largest absolute Gasteiger partial charge is 0.480 e. The highest BCUT2D eigenvalue weighted by Crippen LogP contribution is 2.11. The molecule has 0 unspecified atom stereocenters. The van der Waals surface area contributed by atoms with Gasteiger partial charge in [-0.15, -0.1) is 0 Å². The van der Waals surface area contributed by atoms with Crippen LogP contribution in [-0.2, 0) is 15.6 Å². The number of carboxylic acid groups (broad SMARTS) is 1. The highest BCUT2D eigenvalue weighted by Gasteiger charge is 2.21. The molecule has 24 heavy (non-hydrogen) atoms. The van der Waals surface area contributed by atoms with E-state index >= 15 is 0 Å². The van der Waals surface area contributed by atoms with Crippen molar-refractivity contribution in [1.29, 1.82) is 0 Å². The second-order valence-electron chi connectivity index (χ2n) is 5.02. The molecule has 2 atom stereocenters. The minimum absolute atomic E-state index is 0.0656. The number of benzene rings is 2. The lowest BCUT2D eigenvalue weighted by atomic mass is 10.1. The van der Waals surface area contributed by atoms with E-state index in [1.54, 1.807) is 36.4 Å². The number of carboxylic acids is 1. The summed E-state index contributed by atoms with van der Waals surface area (Å²) in [7, 11) is -1.32. The molecular formula is C17H16ClNO4S. The van der Waals surface area contributed by atoms with Crippen LogP contribution >= 0.6 is 11.6 Å². The van der Waals surface area contributed by atoms with Gasteiger partial charge in [-0.05, 0) is 42.8 Å². The monoisotopic (exact) mass is 365 g/mol. The maximum Gasteiger partial charge on any atom is 0.326 e. The fourth-order valence-electron chi connectivity index (χ4n) is 2.02. The number of carbonyl (C=O) groups is 2.